The van der Waals surface area contributed by atoms with Gasteiger partial charge in [0, 0.05) is 9.50 Å². The van der Waals surface area contributed by atoms with E-state index in [1.807, 2.05) is 25.1 Å². The van der Waals surface area contributed by atoms with Crippen LogP contribution in [0.2, 0.25) is 10.0 Å². The predicted molar refractivity (Wildman–Crippen MR) is 90.8 cm³/mol. The van der Waals surface area contributed by atoms with Crippen molar-refractivity contribution in [2.45, 2.75) is 19.9 Å². The molecule has 0 saturated carbocycles. The summed E-state index contributed by atoms with van der Waals surface area (Å²) in [4.78, 5) is 0. The third kappa shape index (κ3) is 3.78. The van der Waals surface area contributed by atoms with Crippen LogP contribution in [0.5, 0.6) is 0 Å². The Morgan fingerprint density at radius 3 is 2.52 bits per heavy atom. The van der Waals surface area contributed by atoms with E-state index < -0.39 is 0 Å². The Hall–Kier alpha value is -0.610. The van der Waals surface area contributed by atoms with Crippen molar-refractivity contribution in [1.29, 1.82) is 0 Å². The molecule has 1 atom stereocenters. The zero-order valence-corrected chi connectivity index (χ0v) is 14.8. The fourth-order valence-corrected chi connectivity index (χ4v) is 2.98. The Labute approximate surface area is 142 Å². The van der Waals surface area contributed by atoms with Gasteiger partial charge in [-0.3, -0.25) is 0 Å². The Bertz CT molecular complexity index is 661. The molecule has 0 amide bonds. The molecule has 21 heavy (non-hydrogen) atoms. The molecule has 0 radical (unpaired) electrons. The van der Waals surface area contributed by atoms with Gasteiger partial charge in [-0.25, -0.2) is 4.39 Å². The molecule has 2 aromatic rings. The number of rotatable bonds is 4. The summed E-state index contributed by atoms with van der Waals surface area (Å²) in [6, 6.07) is 8.75. The molecule has 112 valence electrons. The number of hydrogen-bond donors (Lipinski definition) is 1. The highest BCUT2D eigenvalue weighted by molar-refractivity contribution is 9.10. The largest absolute Gasteiger partial charge is 0.306 e. The summed E-state index contributed by atoms with van der Waals surface area (Å²) in [5, 5.41) is 4.44. The van der Waals surface area contributed by atoms with Crippen LogP contribution in [0.4, 0.5) is 4.39 Å². The van der Waals surface area contributed by atoms with E-state index in [0.717, 1.165) is 22.1 Å². The summed E-state index contributed by atoms with van der Waals surface area (Å²) >= 11 is 15.7. The first-order chi connectivity index (χ1) is 9.93. The van der Waals surface area contributed by atoms with Crippen LogP contribution in [0.25, 0.3) is 0 Å². The minimum Gasteiger partial charge on any atom is -0.306 e. The molecule has 1 nitrogen and oxygen atoms in total. The van der Waals surface area contributed by atoms with Crippen molar-refractivity contribution >= 4 is 39.1 Å². The number of halogens is 4. The predicted octanol–water partition coefficient (Wildman–Crippen LogP) is 5.90. The molecule has 2 rings (SSSR count). The molecule has 0 aliphatic rings. The monoisotopic (exact) mass is 389 g/mol. The van der Waals surface area contributed by atoms with Gasteiger partial charge in [0.25, 0.3) is 0 Å². The normalized spacial score (nSPS) is 12.5. The number of hydrogen-bond acceptors (Lipinski definition) is 1. The standard InChI is InChI=1S/C16H15BrCl2FN/c1-3-21-16(10-4-5-13(18)12(17)7-10)11-6-9(2)15(20)8-14(11)19/h4-8,16,21H,3H2,1-2H3. The minimum atomic E-state index is -0.295. The second-order valence-electron chi connectivity index (χ2n) is 4.79. The van der Waals surface area contributed by atoms with Gasteiger partial charge >= 0.3 is 0 Å². The van der Waals surface area contributed by atoms with E-state index >= 15 is 0 Å². The van der Waals surface area contributed by atoms with Crippen molar-refractivity contribution in [3.05, 3.63) is 67.4 Å². The number of aryl methyl sites for hydroxylation is 1. The second-order valence-corrected chi connectivity index (χ2v) is 6.46. The molecule has 1 N–H and O–H groups in total. The lowest BCUT2D eigenvalue weighted by Gasteiger charge is -2.21. The van der Waals surface area contributed by atoms with E-state index in [0.29, 0.717) is 15.6 Å². The third-order valence-electron chi connectivity index (χ3n) is 3.27. The minimum absolute atomic E-state index is 0.115. The maximum absolute atomic E-state index is 13.6. The van der Waals surface area contributed by atoms with Crippen LogP contribution in [-0.2, 0) is 0 Å². The molecule has 0 bridgehead atoms. The first kappa shape index (κ1) is 16.8. The van der Waals surface area contributed by atoms with Crippen LogP contribution in [0, 0.1) is 12.7 Å². The molecule has 0 aromatic heterocycles. The highest BCUT2D eigenvalue weighted by Crippen LogP contribution is 2.33. The van der Waals surface area contributed by atoms with Gasteiger partial charge in [0.15, 0.2) is 0 Å². The molecule has 0 saturated heterocycles. The Balaban J connectivity index is 2.52. The van der Waals surface area contributed by atoms with Crippen molar-refractivity contribution in [2.24, 2.45) is 0 Å². The van der Waals surface area contributed by atoms with Gasteiger partial charge in [0.05, 0.1) is 11.1 Å². The lowest BCUT2D eigenvalue weighted by atomic mass is 9.97. The average Bonchev–Trinajstić information content (AvgIpc) is 2.44. The molecule has 0 heterocycles. The Morgan fingerprint density at radius 1 is 1.19 bits per heavy atom. The molecule has 2 aromatic carbocycles. The van der Waals surface area contributed by atoms with Crippen molar-refractivity contribution in [2.75, 3.05) is 6.54 Å². The van der Waals surface area contributed by atoms with Crippen molar-refractivity contribution < 1.29 is 4.39 Å². The summed E-state index contributed by atoms with van der Waals surface area (Å²) in [5.41, 5.74) is 2.44. The summed E-state index contributed by atoms with van der Waals surface area (Å²) in [5.74, 6) is -0.295. The quantitative estimate of drug-likeness (QED) is 0.684. The maximum Gasteiger partial charge on any atom is 0.127 e. The average molecular weight is 391 g/mol. The Kier molecular flexibility index (Phi) is 5.67. The van der Waals surface area contributed by atoms with E-state index in [4.69, 9.17) is 23.2 Å². The summed E-state index contributed by atoms with van der Waals surface area (Å²) in [7, 11) is 0. The molecule has 0 spiro atoms. The second kappa shape index (κ2) is 7.10. The van der Waals surface area contributed by atoms with E-state index in [1.54, 1.807) is 13.0 Å². The highest BCUT2D eigenvalue weighted by Gasteiger charge is 2.18. The zero-order valence-electron chi connectivity index (χ0n) is 11.7. The third-order valence-corrected chi connectivity index (χ3v) is 4.82. The Morgan fingerprint density at radius 2 is 1.90 bits per heavy atom. The lowest BCUT2D eigenvalue weighted by molar-refractivity contribution is 0.606. The molecule has 5 heteroatoms. The SMILES string of the molecule is CCNC(c1ccc(Cl)c(Br)c1)c1cc(C)c(F)cc1Cl. The zero-order chi connectivity index (χ0) is 15.6. The first-order valence-corrected chi connectivity index (χ1v) is 8.12. The maximum atomic E-state index is 13.6. The first-order valence-electron chi connectivity index (χ1n) is 6.58. The van der Waals surface area contributed by atoms with Gasteiger partial charge in [-0.1, -0.05) is 36.2 Å². The van der Waals surface area contributed by atoms with Crippen molar-refractivity contribution in [3.63, 3.8) is 0 Å². The van der Waals surface area contributed by atoms with E-state index in [1.165, 1.54) is 6.07 Å². The van der Waals surface area contributed by atoms with Gasteiger partial charge in [0.1, 0.15) is 5.82 Å². The van der Waals surface area contributed by atoms with Crippen LogP contribution in [-0.4, -0.2) is 6.54 Å². The van der Waals surface area contributed by atoms with Gasteiger partial charge in [-0.15, -0.1) is 0 Å². The van der Waals surface area contributed by atoms with Crippen molar-refractivity contribution in [3.8, 4) is 0 Å². The molecule has 0 aliphatic heterocycles. The van der Waals surface area contributed by atoms with Gasteiger partial charge < -0.3 is 5.32 Å². The van der Waals surface area contributed by atoms with Crippen molar-refractivity contribution in [1.82, 2.24) is 5.32 Å². The summed E-state index contributed by atoms with van der Waals surface area (Å²) in [6.45, 7) is 4.51. The van der Waals surface area contributed by atoms with Crippen LogP contribution in [0.15, 0.2) is 34.8 Å². The van der Waals surface area contributed by atoms with E-state index in [9.17, 15) is 4.39 Å². The van der Waals surface area contributed by atoms with Crippen LogP contribution >= 0.6 is 39.1 Å². The highest BCUT2D eigenvalue weighted by atomic mass is 79.9. The fourth-order valence-electron chi connectivity index (χ4n) is 2.20. The van der Waals surface area contributed by atoms with E-state index in [-0.39, 0.29) is 11.9 Å². The molecule has 1 unspecified atom stereocenters. The topological polar surface area (TPSA) is 12.0 Å². The molecular weight excluding hydrogens is 376 g/mol. The van der Waals surface area contributed by atoms with Crippen LogP contribution in [0.3, 0.4) is 0 Å². The van der Waals surface area contributed by atoms with Gasteiger partial charge in [-0.05, 0) is 70.4 Å². The molecule has 0 aliphatic carbocycles. The van der Waals surface area contributed by atoms with E-state index in [2.05, 4.69) is 21.2 Å². The lowest BCUT2D eigenvalue weighted by Crippen LogP contribution is -2.22. The summed E-state index contributed by atoms with van der Waals surface area (Å²) in [6.07, 6.45) is 0. The molecular formula is C16H15BrCl2FN. The van der Waals surface area contributed by atoms with Gasteiger partial charge in [-0.2, -0.15) is 0 Å². The number of nitrogens with one attached hydrogen (secondary N) is 1. The fraction of sp³-hybridized carbons (Fsp3) is 0.250. The molecule has 0 fully saturated rings. The number of benzene rings is 2. The van der Waals surface area contributed by atoms with Crippen LogP contribution < -0.4 is 5.32 Å². The van der Waals surface area contributed by atoms with Crippen LogP contribution in [0.1, 0.15) is 29.7 Å². The smallest absolute Gasteiger partial charge is 0.127 e. The summed E-state index contributed by atoms with van der Waals surface area (Å²) < 4.78 is 14.4. The van der Waals surface area contributed by atoms with Gasteiger partial charge in [0.2, 0.25) is 0 Å².